The van der Waals surface area contributed by atoms with Gasteiger partial charge in [-0.15, -0.1) is 0 Å². The summed E-state index contributed by atoms with van der Waals surface area (Å²) >= 11 is 0. The second-order valence-corrected chi connectivity index (χ2v) is 4.76. The summed E-state index contributed by atoms with van der Waals surface area (Å²) in [7, 11) is 0. The minimum atomic E-state index is -0.347. The molecule has 0 radical (unpaired) electrons. The van der Waals surface area contributed by atoms with Crippen LogP contribution in [0.3, 0.4) is 0 Å². The highest BCUT2D eigenvalue weighted by molar-refractivity contribution is 5.97. The molecule has 1 unspecified atom stereocenters. The number of hydrogen-bond acceptors (Lipinski definition) is 4. The average molecular weight is 262 g/mol. The molecular formula is C13H14N2O4. The van der Waals surface area contributed by atoms with E-state index in [1.165, 1.54) is 0 Å². The predicted molar refractivity (Wildman–Crippen MR) is 65.7 cm³/mol. The van der Waals surface area contributed by atoms with Crippen molar-refractivity contribution in [2.24, 2.45) is 5.92 Å². The lowest BCUT2D eigenvalue weighted by atomic mass is 10.1. The van der Waals surface area contributed by atoms with Gasteiger partial charge in [-0.25, -0.2) is 4.79 Å². The van der Waals surface area contributed by atoms with E-state index >= 15 is 0 Å². The highest BCUT2D eigenvalue weighted by Gasteiger charge is 2.29. The van der Waals surface area contributed by atoms with Gasteiger partial charge in [-0.3, -0.25) is 10.1 Å². The highest BCUT2D eigenvalue weighted by atomic mass is 16.7. The molecule has 0 bridgehead atoms. The highest BCUT2D eigenvalue weighted by Crippen LogP contribution is 2.32. The maximum absolute atomic E-state index is 11.7. The number of ether oxygens (including phenoxy) is 2. The number of fused-ring (bicyclic) bond motifs is 1. The third-order valence-electron chi connectivity index (χ3n) is 3.27. The first-order valence-corrected chi connectivity index (χ1v) is 6.12. The zero-order chi connectivity index (χ0) is 13.4. The van der Waals surface area contributed by atoms with Gasteiger partial charge in [0.1, 0.15) is 0 Å². The number of rotatable bonds is 2. The Balaban J connectivity index is 1.74. The summed E-state index contributed by atoms with van der Waals surface area (Å²) in [4.78, 5) is 24.7. The van der Waals surface area contributed by atoms with Gasteiger partial charge < -0.3 is 14.4 Å². The van der Waals surface area contributed by atoms with Gasteiger partial charge in [-0.2, -0.15) is 0 Å². The van der Waals surface area contributed by atoms with Crippen molar-refractivity contribution in [2.45, 2.75) is 13.5 Å². The minimum Gasteiger partial charge on any atom is -0.454 e. The molecule has 1 saturated heterocycles. The molecule has 2 aliphatic rings. The smallest absolute Gasteiger partial charge is 0.324 e. The molecule has 2 heterocycles. The zero-order valence-electron chi connectivity index (χ0n) is 10.5. The molecule has 6 nitrogen and oxygen atoms in total. The average Bonchev–Trinajstić information content (AvgIpc) is 2.83. The minimum absolute atomic E-state index is 0.188. The molecule has 3 amide bonds. The monoisotopic (exact) mass is 262 g/mol. The first-order valence-electron chi connectivity index (χ1n) is 6.12. The van der Waals surface area contributed by atoms with E-state index in [-0.39, 0.29) is 24.6 Å². The molecule has 3 rings (SSSR count). The lowest BCUT2D eigenvalue weighted by Gasteiger charge is -2.30. The number of amides is 3. The second kappa shape index (κ2) is 4.46. The molecule has 19 heavy (non-hydrogen) atoms. The Morgan fingerprint density at radius 1 is 1.32 bits per heavy atom. The fourth-order valence-electron chi connectivity index (χ4n) is 2.20. The maximum atomic E-state index is 11.7. The van der Waals surface area contributed by atoms with Crippen LogP contribution in [0.15, 0.2) is 18.2 Å². The van der Waals surface area contributed by atoms with Crippen LogP contribution in [0.4, 0.5) is 4.79 Å². The fourth-order valence-corrected chi connectivity index (χ4v) is 2.20. The van der Waals surface area contributed by atoms with E-state index < -0.39 is 0 Å². The summed E-state index contributed by atoms with van der Waals surface area (Å²) in [6.07, 6.45) is 0. The molecule has 0 saturated carbocycles. The van der Waals surface area contributed by atoms with Crippen molar-refractivity contribution in [1.29, 1.82) is 0 Å². The summed E-state index contributed by atoms with van der Waals surface area (Å²) in [5.41, 5.74) is 0.945. The van der Waals surface area contributed by atoms with E-state index in [0.29, 0.717) is 18.8 Å². The van der Waals surface area contributed by atoms with Crippen LogP contribution in [-0.2, 0) is 11.3 Å². The molecule has 1 aromatic rings. The SMILES string of the molecule is CC1CN(Cc2ccc3c(c2)OCO3)C(=O)NC1=O. The van der Waals surface area contributed by atoms with Crippen molar-refractivity contribution in [1.82, 2.24) is 10.2 Å². The third kappa shape index (κ3) is 2.21. The first-order chi connectivity index (χ1) is 9.13. The van der Waals surface area contributed by atoms with Gasteiger partial charge in [0.05, 0.1) is 5.92 Å². The van der Waals surface area contributed by atoms with Crippen LogP contribution in [0.5, 0.6) is 11.5 Å². The van der Waals surface area contributed by atoms with E-state index in [1.54, 1.807) is 11.8 Å². The van der Waals surface area contributed by atoms with Crippen LogP contribution in [0.25, 0.3) is 0 Å². The first kappa shape index (κ1) is 11.8. The van der Waals surface area contributed by atoms with Gasteiger partial charge in [0.15, 0.2) is 11.5 Å². The van der Waals surface area contributed by atoms with E-state index in [0.717, 1.165) is 11.3 Å². The summed E-state index contributed by atoms with van der Waals surface area (Å²) in [5, 5.41) is 2.34. The lowest BCUT2D eigenvalue weighted by Crippen LogP contribution is -2.53. The molecule has 6 heteroatoms. The normalized spacial score (nSPS) is 21.5. The summed E-state index contributed by atoms with van der Waals surface area (Å²) in [6.45, 7) is 2.90. The van der Waals surface area contributed by atoms with Crippen molar-refractivity contribution in [3.05, 3.63) is 23.8 Å². The lowest BCUT2D eigenvalue weighted by molar-refractivity contribution is -0.125. The van der Waals surface area contributed by atoms with E-state index in [4.69, 9.17) is 9.47 Å². The van der Waals surface area contributed by atoms with Crippen LogP contribution in [0, 0.1) is 5.92 Å². The van der Waals surface area contributed by atoms with Crippen molar-refractivity contribution in [2.75, 3.05) is 13.3 Å². The molecule has 1 aromatic carbocycles. The topological polar surface area (TPSA) is 67.9 Å². The largest absolute Gasteiger partial charge is 0.454 e. The van der Waals surface area contributed by atoms with E-state index in [2.05, 4.69) is 5.32 Å². The molecule has 1 fully saturated rings. The quantitative estimate of drug-likeness (QED) is 0.866. The van der Waals surface area contributed by atoms with Gasteiger partial charge in [0, 0.05) is 13.1 Å². The Labute approximate surface area is 110 Å². The van der Waals surface area contributed by atoms with Crippen molar-refractivity contribution < 1.29 is 19.1 Å². The van der Waals surface area contributed by atoms with Crippen LogP contribution >= 0.6 is 0 Å². The number of nitrogens with one attached hydrogen (secondary N) is 1. The van der Waals surface area contributed by atoms with E-state index in [1.807, 2.05) is 18.2 Å². The van der Waals surface area contributed by atoms with Gasteiger partial charge in [-0.1, -0.05) is 13.0 Å². The summed E-state index contributed by atoms with van der Waals surface area (Å²) in [6, 6.07) is 5.23. The molecule has 0 aromatic heterocycles. The maximum Gasteiger partial charge on any atom is 0.324 e. The molecule has 2 aliphatic heterocycles. The predicted octanol–water partition coefficient (Wildman–Crippen LogP) is 1.10. The fraction of sp³-hybridized carbons (Fsp3) is 0.385. The van der Waals surface area contributed by atoms with Crippen LogP contribution < -0.4 is 14.8 Å². The molecular weight excluding hydrogens is 248 g/mol. The van der Waals surface area contributed by atoms with Crippen molar-refractivity contribution >= 4 is 11.9 Å². The Kier molecular flexibility index (Phi) is 2.77. The van der Waals surface area contributed by atoms with Gasteiger partial charge in [0.2, 0.25) is 12.7 Å². The van der Waals surface area contributed by atoms with Gasteiger partial charge in [0.25, 0.3) is 0 Å². The number of nitrogens with zero attached hydrogens (tertiary/aromatic N) is 1. The molecule has 0 spiro atoms. The zero-order valence-corrected chi connectivity index (χ0v) is 10.5. The van der Waals surface area contributed by atoms with Crippen LogP contribution in [0.2, 0.25) is 0 Å². The Morgan fingerprint density at radius 2 is 2.11 bits per heavy atom. The van der Waals surface area contributed by atoms with Crippen molar-refractivity contribution in [3.8, 4) is 11.5 Å². The number of urea groups is 1. The third-order valence-corrected chi connectivity index (χ3v) is 3.27. The molecule has 1 atom stereocenters. The number of carbonyl (C=O) groups excluding carboxylic acids is 2. The Hall–Kier alpha value is -2.24. The molecule has 0 aliphatic carbocycles. The standard InChI is InChI=1S/C13H14N2O4/c1-8-5-15(13(17)14-12(8)16)6-9-2-3-10-11(4-9)19-7-18-10/h2-4,8H,5-7H2,1H3,(H,14,16,17). The Morgan fingerprint density at radius 3 is 2.95 bits per heavy atom. The second-order valence-electron chi connectivity index (χ2n) is 4.76. The molecule has 1 N–H and O–H groups in total. The van der Waals surface area contributed by atoms with Crippen LogP contribution in [-0.4, -0.2) is 30.2 Å². The number of carbonyl (C=O) groups is 2. The Bertz CT molecular complexity index is 543. The molecule has 100 valence electrons. The number of imide groups is 1. The van der Waals surface area contributed by atoms with Crippen LogP contribution in [0.1, 0.15) is 12.5 Å². The summed E-state index contributed by atoms with van der Waals surface area (Å²) in [5.74, 6) is 1.01. The van der Waals surface area contributed by atoms with Gasteiger partial charge >= 0.3 is 6.03 Å². The van der Waals surface area contributed by atoms with Gasteiger partial charge in [-0.05, 0) is 17.7 Å². The summed E-state index contributed by atoms with van der Waals surface area (Å²) < 4.78 is 10.5. The number of hydrogen-bond donors (Lipinski definition) is 1. The number of benzene rings is 1. The van der Waals surface area contributed by atoms with E-state index in [9.17, 15) is 9.59 Å². The van der Waals surface area contributed by atoms with Crippen molar-refractivity contribution in [3.63, 3.8) is 0 Å².